The number of pyridine rings is 1. The number of nitrogens with two attached hydrogens (primary N) is 3. The largest absolute Gasteiger partial charge is 0.477 e. The molecule has 7 nitrogen and oxygen atoms in total. The number of carbonyl (C=O) groups excluding carboxylic acids is 1. The van der Waals surface area contributed by atoms with Crippen molar-refractivity contribution in [3.63, 3.8) is 0 Å². The lowest BCUT2D eigenvalue weighted by Crippen LogP contribution is -2.52. The number of hydrogen-bond donors (Lipinski definition) is 4. The van der Waals surface area contributed by atoms with E-state index in [1.54, 1.807) is 24.5 Å². The van der Waals surface area contributed by atoms with Crippen LogP contribution in [0.1, 0.15) is 32.4 Å². The Kier molecular flexibility index (Phi) is 4.19. The summed E-state index contributed by atoms with van der Waals surface area (Å²) < 4.78 is 0.565. The number of nitrogen functional groups attached to an aromatic ring is 1. The summed E-state index contributed by atoms with van der Waals surface area (Å²) >= 11 is 1.01. The second-order valence-corrected chi connectivity index (χ2v) is 8.56. The van der Waals surface area contributed by atoms with E-state index in [0.29, 0.717) is 26.9 Å². The quantitative estimate of drug-likeness (QED) is 0.365. The molecule has 7 N–H and O–H groups in total. The van der Waals surface area contributed by atoms with Gasteiger partial charge in [-0.3, -0.25) is 9.78 Å². The van der Waals surface area contributed by atoms with Gasteiger partial charge in [-0.2, -0.15) is 0 Å². The summed E-state index contributed by atoms with van der Waals surface area (Å²) in [5, 5.41) is 10.2. The average molecular weight is 430 g/mol. The number of hydrogen-bond acceptors (Lipinski definition) is 7. The molecule has 5 rings (SSSR count). The van der Waals surface area contributed by atoms with Gasteiger partial charge in [0.25, 0.3) is 0 Å². The van der Waals surface area contributed by atoms with Crippen molar-refractivity contribution < 1.29 is 14.7 Å². The number of benzene rings is 2. The first-order chi connectivity index (χ1) is 14.8. The first kappa shape index (κ1) is 19.4. The van der Waals surface area contributed by atoms with Crippen LogP contribution in [-0.2, 0) is 10.3 Å². The zero-order chi connectivity index (χ0) is 21.9. The van der Waals surface area contributed by atoms with Crippen LogP contribution in [0.3, 0.4) is 0 Å². The molecule has 2 aromatic heterocycles. The van der Waals surface area contributed by atoms with Crippen LogP contribution in [0.15, 0.2) is 60.9 Å². The molecule has 0 saturated carbocycles. The van der Waals surface area contributed by atoms with E-state index in [1.165, 1.54) is 0 Å². The Morgan fingerprint density at radius 3 is 2.55 bits per heavy atom. The molecule has 154 valence electrons. The zero-order valence-corrected chi connectivity index (χ0v) is 17.0. The summed E-state index contributed by atoms with van der Waals surface area (Å²) in [5.41, 5.74) is 21.0. The van der Waals surface area contributed by atoms with Gasteiger partial charge in [-0.15, -0.1) is 11.3 Å². The summed E-state index contributed by atoms with van der Waals surface area (Å²) in [6.45, 7) is 0. The molecule has 2 heterocycles. The number of rotatable bonds is 3. The van der Waals surface area contributed by atoms with E-state index in [4.69, 9.17) is 17.2 Å². The molecule has 0 spiro atoms. The average Bonchev–Trinajstić information content (AvgIpc) is 3.20. The maximum Gasteiger partial charge on any atom is 0.346 e. The summed E-state index contributed by atoms with van der Waals surface area (Å²) in [7, 11) is 0. The number of nitrogens with zero attached hydrogens (tertiary/aromatic N) is 1. The Morgan fingerprint density at radius 1 is 1.10 bits per heavy atom. The van der Waals surface area contributed by atoms with Crippen LogP contribution in [0, 0.1) is 0 Å². The number of anilines is 1. The number of aromatic nitrogens is 1. The molecule has 2 atom stereocenters. The molecule has 0 amide bonds. The Hall–Kier alpha value is -3.59. The Morgan fingerprint density at radius 2 is 1.84 bits per heavy atom. The van der Waals surface area contributed by atoms with Crippen LogP contribution < -0.4 is 17.2 Å². The van der Waals surface area contributed by atoms with Crippen molar-refractivity contribution in [1.82, 2.24) is 4.98 Å². The fourth-order valence-corrected chi connectivity index (χ4v) is 5.42. The highest BCUT2D eigenvalue weighted by Crippen LogP contribution is 2.49. The molecule has 1 aliphatic rings. The first-order valence-corrected chi connectivity index (χ1v) is 10.3. The minimum Gasteiger partial charge on any atom is -0.477 e. The summed E-state index contributed by atoms with van der Waals surface area (Å²) in [6, 6.07) is 13.6. The molecule has 31 heavy (non-hydrogen) atoms. The molecule has 0 bridgehead atoms. The number of carboxylic acid groups (broad SMARTS) is 1. The van der Waals surface area contributed by atoms with Crippen molar-refractivity contribution in [2.45, 2.75) is 11.6 Å². The number of Topliss-reactive ketones (excluding diaryl/α,β-unsaturated/α-hetero) is 1. The SMILES string of the molecule is Nc1ccc2c3c(c(C(=O)O)sc13)C(N)C(=O)C2(N)c1cncc(-c2ccccc2)c1. The van der Waals surface area contributed by atoms with E-state index in [1.807, 2.05) is 36.4 Å². The normalized spacial score (nSPS) is 20.2. The Bertz CT molecular complexity index is 1380. The smallest absolute Gasteiger partial charge is 0.346 e. The maximum atomic E-state index is 13.6. The number of ketones is 1. The second-order valence-electron chi connectivity index (χ2n) is 7.53. The van der Waals surface area contributed by atoms with E-state index >= 15 is 0 Å². The summed E-state index contributed by atoms with van der Waals surface area (Å²) in [5.74, 6) is -1.64. The van der Waals surface area contributed by atoms with Gasteiger partial charge in [0, 0.05) is 40.2 Å². The van der Waals surface area contributed by atoms with E-state index in [0.717, 1.165) is 22.5 Å². The van der Waals surface area contributed by atoms with Gasteiger partial charge in [0.15, 0.2) is 5.78 Å². The van der Waals surface area contributed by atoms with E-state index < -0.39 is 23.3 Å². The monoisotopic (exact) mass is 430 g/mol. The van der Waals surface area contributed by atoms with Gasteiger partial charge in [0.1, 0.15) is 10.4 Å². The standard InChI is InChI=1S/C23H18N4O3S/c24-15-7-6-14-16-17(20(22(29)30)31-19(15)16)18(25)21(28)23(14,26)13-8-12(9-27-10-13)11-4-2-1-3-5-11/h1-10,18H,24-26H2,(H,29,30). The highest BCUT2D eigenvalue weighted by atomic mass is 32.1. The molecular formula is C23H18N4O3S. The maximum absolute atomic E-state index is 13.6. The topological polar surface area (TPSA) is 145 Å². The fourth-order valence-electron chi connectivity index (χ4n) is 4.28. The third-order valence-corrected chi connectivity index (χ3v) is 7.05. The summed E-state index contributed by atoms with van der Waals surface area (Å²) in [4.78, 5) is 29.7. The van der Waals surface area contributed by atoms with Gasteiger partial charge in [-0.1, -0.05) is 36.4 Å². The molecular weight excluding hydrogens is 412 g/mol. The van der Waals surface area contributed by atoms with E-state index in [9.17, 15) is 14.7 Å². The molecule has 2 unspecified atom stereocenters. The van der Waals surface area contributed by atoms with Crippen molar-refractivity contribution in [2.75, 3.05) is 5.73 Å². The molecule has 2 aromatic carbocycles. The minimum atomic E-state index is -1.59. The predicted molar refractivity (Wildman–Crippen MR) is 120 cm³/mol. The number of carbonyl (C=O) groups is 2. The van der Waals surface area contributed by atoms with Crippen molar-refractivity contribution in [3.8, 4) is 11.1 Å². The van der Waals surface area contributed by atoms with Gasteiger partial charge < -0.3 is 22.3 Å². The van der Waals surface area contributed by atoms with Crippen molar-refractivity contribution in [3.05, 3.63) is 82.5 Å². The van der Waals surface area contributed by atoms with Gasteiger partial charge in [0.05, 0.1) is 10.7 Å². The summed E-state index contributed by atoms with van der Waals surface area (Å²) in [6.07, 6.45) is 3.25. The lowest BCUT2D eigenvalue weighted by atomic mass is 9.70. The molecule has 0 aliphatic heterocycles. The van der Waals surface area contributed by atoms with Crippen LogP contribution in [0.25, 0.3) is 21.2 Å². The molecule has 4 aromatic rings. The number of aromatic carboxylic acids is 1. The Labute approximate surface area is 181 Å². The molecule has 8 heteroatoms. The third kappa shape index (κ3) is 2.63. The van der Waals surface area contributed by atoms with Crippen molar-refractivity contribution in [1.29, 1.82) is 0 Å². The van der Waals surface area contributed by atoms with Crippen LogP contribution in [0.2, 0.25) is 0 Å². The van der Waals surface area contributed by atoms with Crippen LogP contribution in [-0.4, -0.2) is 21.8 Å². The molecule has 0 radical (unpaired) electrons. The van der Waals surface area contributed by atoms with Crippen LogP contribution in [0.4, 0.5) is 5.69 Å². The zero-order valence-electron chi connectivity index (χ0n) is 16.2. The van der Waals surface area contributed by atoms with E-state index in [-0.39, 0.29) is 10.4 Å². The van der Waals surface area contributed by atoms with Gasteiger partial charge >= 0.3 is 5.97 Å². The van der Waals surface area contributed by atoms with Crippen molar-refractivity contribution >= 4 is 38.9 Å². The minimum absolute atomic E-state index is 0.00760. The van der Waals surface area contributed by atoms with Crippen molar-refractivity contribution in [2.24, 2.45) is 11.5 Å². The van der Waals surface area contributed by atoms with Gasteiger partial charge in [-0.05, 0) is 23.3 Å². The number of carboxylic acids is 1. The van der Waals surface area contributed by atoms with Crippen LogP contribution >= 0.6 is 11.3 Å². The van der Waals surface area contributed by atoms with Gasteiger partial charge in [0.2, 0.25) is 0 Å². The lowest BCUT2D eigenvalue weighted by Gasteiger charge is -2.36. The van der Waals surface area contributed by atoms with Crippen LogP contribution in [0.5, 0.6) is 0 Å². The third-order valence-electron chi connectivity index (χ3n) is 5.81. The lowest BCUT2D eigenvalue weighted by molar-refractivity contribution is -0.124. The predicted octanol–water partition coefficient (Wildman–Crippen LogP) is 3.03. The highest BCUT2D eigenvalue weighted by Gasteiger charge is 2.49. The highest BCUT2D eigenvalue weighted by molar-refractivity contribution is 7.21. The van der Waals surface area contributed by atoms with E-state index in [2.05, 4.69) is 4.98 Å². The van der Waals surface area contributed by atoms with Gasteiger partial charge in [-0.25, -0.2) is 4.79 Å². The molecule has 1 aliphatic carbocycles. The second kappa shape index (κ2) is 6.71. The fraction of sp³-hybridized carbons (Fsp3) is 0.0870. The molecule has 0 saturated heterocycles. The Balaban J connectivity index is 1.81. The first-order valence-electron chi connectivity index (χ1n) is 9.52. The number of thiophene rings is 1. The molecule has 0 fully saturated rings.